The summed E-state index contributed by atoms with van der Waals surface area (Å²) in [6, 6.07) is 17.7. The molecule has 0 saturated carbocycles. The Kier molecular flexibility index (Phi) is 4.49. The normalized spacial score (nSPS) is 11.2. The van der Waals surface area contributed by atoms with Gasteiger partial charge in [0.1, 0.15) is 33.9 Å². The summed E-state index contributed by atoms with van der Waals surface area (Å²) in [5.41, 5.74) is 5.21. The lowest BCUT2D eigenvalue weighted by Gasteiger charge is -2.07. The van der Waals surface area contributed by atoms with Crippen molar-refractivity contribution in [3.05, 3.63) is 69.6 Å². The zero-order chi connectivity index (χ0) is 20.5. The summed E-state index contributed by atoms with van der Waals surface area (Å²) in [4.78, 5) is 8.18. The predicted molar refractivity (Wildman–Crippen MR) is 112 cm³/mol. The van der Waals surface area contributed by atoms with E-state index in [-0.39, 0.29) is 0 Å². The maximum atomic E-state index is 9.71. The number of nitriles is 3. The molecular weight excluding hydrogens is 380 g/mol. The van der Waals surface area contributed by atoms with Gasteiger partial charge in [0.05, 0.1) is 22.2 Å². The van der Waals surface area contributed by atoms with Crippen LogP contribution in [0.5, 0.6) is 0 Å². The largest absolute Gasteiger partial charge is 0.337 e. The number of aromatic amines is 1. The van der Waals surface area contributed by atoms with Crippen LogP contribution in [-0.2, 0) is 0 Å². The third-order valence-corrected chi connectivity index (χ3v) is 5.71. The molecule has 0 bridgehead atoms. The monoisotopic (exact) mass is 394 g/mol. The van der Waals surface area contributed by atoms with Gasteiger partial charge >= 0.3 is 0 Å². The van der Waals surface area contributed by atoms with Crippen LogP contribution in [0.15, 0.2) is 36.4 Å². The Bertz CT molecular complexity index is 1380. The molecule has 6 nitrogen and oxygen atoms in total. The van der Waals surface area contributed by atoms with Crippen molar-refractivity contribution >= 4 is 34.0 Å². The quantitative estimate of drug-likeness (QED) is 0.502. The second kappa shape index (κ2) is 7.13. The molecule has 4 rings (SSSR count). The molecule has 0 aliphatic carbocycles. The molecule has 0 fully saturated rings. The van der Waals surface area contributed by atoms with Gasteiger partial charge in [-0.2, -0.15) is 15.8 Å². The molecule has 0 saturated heterocycles. The Hall–Kier alpha value is -4.12. The van der Waals surface area contributed by atoms with E-state index in [1.807, 2.05) is 48.7 Å². The standard InChI is InChI=1S/C22H14N6S/c1-13-7-15(14(2)28(13)22-17(11-24)9-18(12-25)29-22)8-16(10-23)21-26-19-5-3-4-6-20(19)27-21/h3-9H,1-2H3,(H,26,27)/b16-8+. The Morgan fingerprint density at radius 1 is 1.14 bits per heavy atom. The molecule has 7 heteroatoms. The van der Waals surface area contributed by atoms with E-state index in [0.717, 1.165) is 28.0 Å². The van der Waals surface area contributed by atoms with Gasteiger partial charge in [0, 0.05) is 11.4 Å². The molecule has 0 aliphatic rings. The van der Waals surface area contributed by atoms with Crippen LogP contribution in [0.25, 0.3) is 27.7 Å². The maximum absolute atomic E-state index is 9.71. The van der Waals surface area contributed by atoms with E-state index in [2.05, 4.69) is 28.2 Å². The van der Waals surface area contributed by atoms with Gasteiger partial charge in [0.25, 0.3) is 0 Å². The fourth-order valence-electron chi connectivity index (χ4n) is 3.32. The number of allylic oxidation sites excluding steroid dienone is 1. The van der Waals surface area contributed by atoms with Crippen molar-refractivity contribution in [3.63, 3.8) is 0 Å². The first-order valence-corrected chi connectivity index (χ1v) is 9.57. The summed E-state index contributed by atoms with van der Waals surface area (Å²) in [6.07, 6.45) is 1.79. The van der Waals surface area contributed by atoms with Crippen molar-refractivity contribution in [2.24, 2.45) is 0 Å². The molecular formula is C22H14N6S. The number of aryl methyl sites for hydroxylation is 1. The Labute approximate surface area is 171 Å². The molecule has 138 valence electrons. The number of H-pyrrole nitrogens is 1. The minimum atomic E-state index is 0.422. The lowest BCUT2D eigenvalue weighted by molar-refractivity contribution is 0.981. The number of aromatic nitrogens is 3. The number of imidazole rings is 1. The van der Waals surface area contributed by atoms with Gasteiger partial charge in [-0.05, 0) is 49.8 Å². The number of rotatable bonds is 3. The smallest absolute Gasteiger partial charge is 0.149 e. The van der Waals surface area contributed by atoms with Crippen LogP contribution in [0.3, 0.4) is 0 Å². The molecule has 3 aromatic heterocycles. The number of hydrogen-bond acceptors (Lipinski definition) is 5. The van der Waals surface area contributed by atoms with Gasteiger partial charge in [0.2, 0.25) is 0 Å². The molecule has 0 spiro atoms. The average molecular weight is 394 g/mol. The topological polar surface area (TPSA) is 105 Å². The van der Waals surface area contributed by atoms with Crippen LogP contribution in [0, 0.1) is 47.8 Å². The molecule has 0 radical (unpaired) electrons. The van der Waals surface area contributed by atoms with Crippen molar-refractivity contribution in [1.82, 2.24) is 14.5 Å². The Balaban J connectivity index is 1.83. The maximum Gasteiger partial charge on any atom is 0.149 e. The van der Waals surface area contributed by atoms with E-state index in [1.54, 1.807) is 12.1 Å². The molecule has 0 amide bonds. The minimum Gasteiger partial charge on any atom is -0.337 e. The van der Waals surface area contributed by atoms with Crippen molar-refractivity contribution < 1.29 is 0 Å². The summed E-state index contributed by atoms with van der Waals surface area (Å²) < 4.78 is 1.95. The van der Waals surface area contributed by atoms with Crippen LogP contribution in [0.2, 0.25) is 0 Å². The van der Waals surface area contributed by atoms with Crippen LogP contribution in [-0.4, -0.2) is 14.5 Å². The predicted octanol–water partition coefficient (Wildman–Crippen LogP) is 4.84. The number of thiophene rings is 1. The summed E-state index contributed by atoms with van der Waals surface area (Å²) in [5, 5.41) is 29.0. The van der Waals surface area contributed by atoms with Gasteiger partial charge in [-0.1, -0.05) is 12.1 Å². The number of fused-ring (bicyclic) bond motifs is 1. The summed E-state index contributed by atoms with van der Waals surface area (Å²) in [6.45, 7) is 3.86. The first-order chi connectivity index (χ1) is 14.0. The van der Waals surface area contributed by atoms with Gasteiger partial charge in [-0.15, -0.1) is 11.3 Å². The molecule has 0 aliphatic heterocycles. The zero-order valence-electron chi connectivity index (χ0n) is 15.7. The molecule has 3 heterocycles. The van der Waals surface area contributed by atoms with E-state index in [0.29, 0.717) is 26.8 Å². The van der Waals surface area contributed by atoms with Gasteiger partial charge in [-0.3, -0.25) is 0 Å². The van der Waals surface area contributed by atoms with Crippen molar-refractivity contribution in [2.45, 2.75) is 13.8 Å². The van der Waals surface area contributed by atoms with Crippen LogP contribution in [0.4, 0.5) is 0 Å². The van der Waals surface area contributed by atoms with Gasteiger partial charge in [-0.25, -0.2) is 4.98 Å². The van der Waals surface area contributed by atoms with Crippen molar-refractivity contribution in [2.75, 3.05) is 0 Å². The fourth-order valence-corrected chi connectivity index (χ4v) is 4.34. The van der Waals surface area contributed by atoms with E-state index in [4.69, 9.17) is 0 Å². The van der Waals surface area contributed by atoms with Gasteiger partial charge in [0.15, 0.2) is 0 Å². The number of nitrogens with zero attached hydrogens (tertiary/aromatic N) is 5. The molecule has 0 unspecified atom stereocenters. The molecule has 29 heavy (non-hydrogen) atoms. The molecule has 1 aromatic carbocycles. The fraction of sp³-hybridized carbons (Fsp3) is 0.0909. The second-order valence-corrected chi connectivity index (χ2v) is 7.52. The number of nitrogens with one attached hydrogen (secondary N) is 1. The van der Waals surface area contributed by atoms with Crippen LogP contribution < -0.4 is 0 Å². The minimum absolute atomic E-state index is 0.422. The third-order valence-electron chi connectivity index (χ3n) is 4.68. The highest BCUT2D eigenvalue weighted by atomic mass is 32.1. The Morgan fingerprint density at radius 3 is 2.62 bits per heavy atom. The summed E-state index contributed by atoms with van der Waals surface area (Å²) in [7, 11) is 0. The van der Waals surface area contributed by atoms with E-state index in [9.17, 15) is 15.8 Å². The SMILES string of the molecule is Cc1cc(/C=C(\C#N)c2nc3ccccc3[nH]2)c(C)n1-c1sc(C#N)cc1C#N. The lowest BCUT2D eigenvalue weighted by Crippen LogP contribution is -1.98. The first-order valence-electron chi connectivity index (χ1n) is 8.76. The third kappa shape index (κ3) is 3.08. The second-order valence-electron chi connectivity index (χ2n) is 6.49. The number of benzene rings is 1. The molecule has 4 aromatic rings. The Morgan fingerprint density at radius 2 is 1.93 bits per heavy atom. The van der Waals surface area contributed by atoms with Crippen LogP contribution in [0.1, 0.15) is 33.2 Å². The van der Waals surface area contributed by atoms with E-state index >= 15 is 0 Å². The lowest BCUT2D eigenvalue weighted by atomic mass is 10.1. The summed E-state index contributed by atoms with van der Waals surface area (Å²) in [5.74, 6) is 0.513. The number of para-hydroxylation sites is 2. The first kappa shape index (κ1) is 18.3. The van der Waals surface area contributed by atoms with E-state index in [1.165, 1.54) is 11.3 Å². The number of hydrogen-bond donors (Lipinski definition) is 1. The highest BCUT2D eigenvalue weighted by Crippen LogP contribution is 2.31. The van der Waals surface area contributed by atoms with Gasteiger partial charge < -0.3 is 9.55 Å². The highest BCUT2D eigenvalue weighted by Gasteiger charge is 2.17. The summed E-state index contributed by atoms with van der Waals surface area (Å²) >= 11 is 1.28. The van der Waals surface area contributed by atoms with Crippen molar-refractivity contribution in [3.8, 4) is 23.2 Å². The average Bonchev–Trinajstić information content (AvgIpc) is 3.41. The highest BCUT2D eigenvalue weighted by molar-refractivity contribution is 7.15. The van der Waals surface area contributed by atoms with E-state index < -0.39 is 0 Å². The van der Waals surface area contributed by atoms with Crippen molar-refractivity contribution in [1.29, 1.82) is 15.8 Å². The van der Waals surface area contributed by atoms with Crippen LogP contribution >= 0.6 is 11.3 Å². The zero-order valence-corrected chi connectivity index (χ0v) is 16.5. The molecule has 1 N–H and O–H groups in total. The molecule has 0 atom stereocenters.